The third kappa shape index (κ3) is 2.77. The molecule has 2 amide bonds. The molecule has 96 valence electrons. The number of carbonyl (C=O) groups is 2. The Morgan fingerprint density at radius 1 is 1.35 bits per heavy atom. The molecule has 0 aromatic heterocycles. The number of rotatable bonds is 3. The van der Waals surface area contributed by atoms with Crippen molar-refractivity contribution in [2.75, 3.05) is 26.3 Å². The lowest BCUT2D eigenvalue weighted by Crippen LogP contribution is -2.59. The highest BCUT2D eigenvalue weighted by atomic mass is 16.5. The fourth-order valence-corrected chi connectivity index (χ4v) is 2.54. The summed E-state index contributed by atoms with van der Waals surface area (Å²) in [4.78, 5) is 25.3. The molecule has 2 fully saturated rings. The predicted octanol–water partition coefficient (Wildman–Crippen LogP) is 0.150. The molecule has 0 radical (unpaired) electrons. The lowest BCUT2D eigenvalue weighted by molar-refractivity contribution is -0.146. The Morgan fingerprint density at radius 2 is 2.06 bits per heavy atom. The molecule has 1 unspecified atom stereocenters. The molecule has 0 aromatic carbocycles. The van der Waals surface area contributed by atoms with Crippen molar-refractivity contribution in [1.82, 2.24) is 10.2 Å². The maximum absolute atomic E-state index is 11.9. The zero-order valence-corrected chi connectivity index (χ0v) is 10.3. The van der Waals surface area contributed by atoms with Crippen molar-refractivity contribution in [3.05, 3.63) is 0 Å². The van der Waals surface area contributed by atoms with Crippen LogP contribution in [0.4, 0.5) is 0 Å². The summed E-state index contributed by atoms with van der Waals surface area (Å²) in [7, 11) is 0. The van der Waals surface area contributed by atoms with Crippen LogP contribution in [0, 0.1) is 5.92 Å². The van der Waals surface area contributed by atoms with Gasteiger partial charge in [-0.25, -0.2) is 0 Å². The number of nitrogens with zero attached hydrogens (tertiary/aromatic N) is 1. The molecule has 0 aromatic rings. The number of hydrogen-bond donors (Lipinski definition) is 1. The first-order chi connectivity index (χ1) is 8.22. The Bertz CT molecular complexity index is 300. The fraction of sp³-hybridized carbons (Fsp3) is 0.833. The van der Waals surface area contributed by atoms with Crippen LogP contribution in [0.15, 0.2) is 0 Å². The first kappa shape index (κ1) is 12.4. The minimum absolute atomic E-state index is 0.0147. The largest absolute Gasteiger partial charge is 0.381 e. The molecule has 2 aliphatic heterocycles. The minimum atomic E-state index is -0.279. The second kappa shape index (κ2) is 5.49. The maximum atomic E-state index is 11.9. The van der Waals surface area contributed by atoms with Crippen molar-refractivity contribution >= 4 is 11.8 Å². The van der Waals surface area contributed by atoms with Crippen LogP contribution in [-0.4, -0.2) is 49.1 Å². The van der Waals surface area contributed by atoms with Crippen LogP contribution >= 0.6 is 0 Å². The van der Waals surface area contributed by atoms with Crippen LogP contribution in [0.25, 0.3) is 0 Å². The summed E-state index contributed by atoms with van der Waals surface area (Å²) in [5, 5.41) is 2.65. The molecular formula is C12H20N2O3. The highest BCUT2D eigenvalue weighted by Gasteiger charge is 2.34. The van der Waals surface area contributed by atoms with E-state index in [1.54, 1.807) is 4.90 Å². The summed E-state index contributed by atoms with van der Waals surface area (Å²) in [5.74, 6) is 0.509. The Morgan fingerprint density at radius 3 is 2.71 bits per heavy atom. The second-order valence-electron chi connectivity index (χ2n) is 4.74. The SMILES string of the molecule is CCC1C(=O)NCC(=O)N1CC1CCOCC1. The van der Waals surface area contributed by atoms with Crippen molar-refractivity contribution in [1.29, 1.82) is 0 Å². The quantitative estimate of drug-likeness (QED) is 0.764. The molecule has 0 aliphatic carbocycles. The van der Waals surface area contributed by atoms with E-state index in [1.165, 1.54) is 0 Å². The third-order valence-electron chi connectivity index (χ3n) is 3.60. The topological polar surface area (TPSA) is 58.6 Å². The van der Waals surface area contributed by atoms with Gasteiger partial charge in [0.05, 0.1) is 6.54 Å². The van der Waals surface area contributed by atoms with Crippen molar-refractivity contribution < 1.29 is 14.3 Å². The molecule has 17 heavy (non-hydrogen) atoms. The van der Waals surface area contributed by atoms with E-state index in [0.29, 0.717) is 18.9 Å². The first-order valence-electron chi connectivity index (χ1n) is 6.37. The number of hydrogen-bond acceptors (Lipinski definition) is 3. The van der Waals surface area contributed by atoms with Crippen LogP contribution in [0.1, 0.15) is 26.2 Å². The molecule has 0 saturated carbocycles. The van der Waals surface area contributed by atoms with Crippen LogP contribution in [-0.2, 0) is 14.3 Å². The zero-order valence-electron chi connectivity index (χ0n) is 10.3. The van der Waals surface area contributed by atoms with Gasteiger partial charge in [-0.15, -0.1) is 0 Å². The van der Waals surface area contributed by atoms with E-state index >= 15 is 0 Å². The molecule has 2 aliphatic rings. The van der Waals surface area contributed by atoms with Gasteiger partial charge in [-0.2, -0.15) is 0 Å². The number of nitrogens with one attached hydrogen (secondary N) is 1. The van der Waals surface area contributed by atoms with E-state index < -0.39 is 0 Å². The van der Waals surface area contributed by atoms with Crippen molar-refractivity contribution in [2.45, 2.75) is 32.2 Å². The predicted molar refractivity (Wildman–Crippen MR) is 62.3 cm³/mol. The van der Waals surface area contributed by atoms with Gasteiger partial charge in [0, 0.05) is 19.8 Å². The summed E-state index contributed by atoms with van der Waals surface area (Å²) >= 11 is 0. The van der Waals surface area contributed by atoms with E-state index in [1.807, 2.05) is 6.92 Å². The smallest absolute Gasteiger partial charge is 0.243 e. The number of amides is 2. The van der Waals surface area contributed by atoms with Crippen molar-refractivity contribution in [3.8, 4) is 0 Å². The molecule has 0 bridgehead atoms. The van der Waals surface area contributed by atoms with Gasteiger partial charge >= 0.3 is 0 Å². The fourth-order valence-electron chi connectivity index (χ4n) is 2.54. The molecule has 2 saturated heterocycles. The van der Waals surface area contributed by atoms with Gasteiger partial charge in [0.25, 0.3) is 0 Å². The average molecular weight is 240 g/mol. The Labute approximate surface area is 101 Å². The van der Waals surface area contributed by atoms with Gasteiger partial charge in [0.15, 0.2) is 0 Å². The standard InChI is InChI=1S/C12H20N2O3/c1-2-10-12(16)13-7-11(15)14(10)8-9-3-5-17-6-4-9/h9-10H,2-8H2,1H3,(H,13,16). The molecule has 1 atom stereocenters. The first-order valence-corrected chi connectivity index (χ1v) is 6.37. The van der Waals surface area contributed by atoms with Gasteiger partial charge < -0.3 is 15.0 Å². The normalized spacial score (nSPS) is 27.1. The van der Waals surface area contributed by atoms with Crippen LogP contribution in [0.2, 0.25) is 0 Å². The molecule has 5 nitrogen and oxygen atoms in total. The Kier molecular flexibility index (Phi) is 3.99. The molecule has 2 heterocycles. The van der Waals surface area contributed by atoms with Gasteiger partial charge in [0.2, 0.25) is 11.8 Å². The van der Waals surface area contributed by atoms with E-state index in [2.05, 4.69) is 5.32 Å². The van der Waals surface area contributed by atoms with Gasteiger partial charge in [-0.3, -0.25) is 9.59 Å². The second-order valence-corrected chi connectivity index (χ2v) is 4.74. The molecule has 2 rings (SSSR count). The van der Waals surface area contributed by atoms with E-state index in [4.69, 9.17) is 4.74 Å². The molecular weight excluding hydrogens is 220 g/mol. The van der Waals surface area contributed by atoms with Gasteiger partial charge in [-0.05, 0) is 25.2 Å². The summed E-state index contributed by atoms with van der Waals surface area (Å²) in [6.45, 7) is 4.35. The minimum Gasteiger partial charge on any atom is -0.381 e. The molecule has 0 spiro atoms. The molecule has 1 N–H and O–H groups in total. The van der Waals surface area contributed by atoms with E-state index in [0.717, 1.165) is 26.1 Å². The van der Waals surface area contributed by atoms with E-state index in [-0.39, 0.29) is 24.4 Å². The lowest BCUT2D eigenvalue weighted by Gasteiger charge is -2.37. The maximum Gasteiger partial charge on any atom is 0.243 e. The highest BCUT2D eigenvalue weighted by molar-refractivity contribution is 5.94. The van der Waals surface area contributed by atoms with E-state index in [9.17, 15) is 9.59 Å². The van der Waals surface area contributed by atoms with Crippen molar-refractivity contribution in [2.24, 2.45) is 5.92 Å². The monoisotopic (exact) mass is 240 g/mol. The lowest BCUT2D eigenvalue weighted by atomic mass is 9.97. The number of ether oxygens (including phenoxy) is 1. The summed E-state index contributed by atoms with van der Waals surface area (Å²) in [6, 6.07) is -0.279. The number of carbonyl (C=O) groups excluding carboxylic acids is 2. The van der Waals surface area contributed by atoms with Gasteiger partial charge in [-0.1, -0.05) is 6.92 Å². The van der Waals surface area contributed by atoms with Crippen LogP contribution in [0.5, 0.6) is 0 Å². The average Bonchev–Trinajstić information content (AvgIpc) is 2.35. The van der Waals surface area contributed by atoms with Crippen LogP contribution < -0.4 is 5.32 Å². The summed E-state index contributed by atoms with van der Waals surface area (Å²) < 4.78 is 5.31. The third-order valence-corrected chi connectivity index (χ3v) is 3.60. The molecule has 5 heteroatoms. The Balaban J connectivity index is 1.99. The zero-order chi connectivity index (χ0) is 12.3. The van der Waals surface area contributed by atoms with Gasteiger partial charge in [0.1, 0.15) is 6.04 Å². The summed E-state index contributed by atoms with van der Waals surface area (Å²) in [6.07, 6.45) is 2.66. The summed E-state index contributed by atoms with van der Waals surface area (Å²) in [5.41, 5.74) is 0. The highest BCUT2D eigenvalue weighted by Crippen LogP contribution is 2.19. The van der Waals surface area contributed by atoms with Crippen molar-refractivity contribution in [3.63, 3.8) is 0 Å². The Hall–Kier alpha value is -1.10. The number of piperazine rings is 1. The van der Waals surface area contributed by atoms with Crippen LogP contribution in [0.3, 0.4) is 0 Å².